The van der Waals surface area contributed by atoms with Gasteiger partial charge in [0.15, 0.2) is 0 Å². The summed E-state index contributed by atoms with van der Waals surface area (Å²) in [5.41, 5.74) is 5.07. The second-order valence-electron chi connectivity index (χ2n) is 6.25. The van der Waals surface area contributed by atoms with Crippen molar-refractivity contribution in [1.82, 2.24) is 14.9 Å². The number of carbonyl (C=O) groups excluding carboxylic acids is 1. The van der Waals surface area contributed by atoms with Crippen molar-refractivity contribution in [3.63, 3.8) is 0 Å². The zero-order valence-corrected chi connectivity index (χ0v) is 18.1. The third-order valence-electron chi connectivity index (χ3n) is 4.19. The molecule has 2 aromatic carbocycles. The van der Waals surface area contributed by atoms with Crippen LogP contribution in [0.5, 0.6) is 11.5 Å². The van der Waals surface area contributed by atoms with Gasteiger partial charge in [0.1, 0.15) is 11.5 Å². The third-order valence-corrected chi connectivity index (χ3v) is 5.14. The van der Waals surface area contributed by atoms with Crippen LogP contribution < -0.4 is 26.1 Å². The smallest absolute Gasteiger partial charge is 0.264 e. The molecule has 1 heterocycles. The molecule has 0 bridgehead atoms. The predicted octanol–water partition coefficient (Wildman–Crippen LogP) is 2.58. The highest BCUT2D eigenvalue weighted by atomic mass is 32.2. The SMILES string of the molecule is COc1ccc(NC(=O)CSc2nnc(N/N=C(\C)c3ccccc3)n2N)c(OC)c1. The molecule has 10 nitrogen and oxygen atoms in total. The highest BCUT2D eigenvalue weighted by Crippen LogP contribution is 2.29. The molecule has 162 valence electrons. The lowest BCUT2D eigenvalue weighted by Crippen LogP contribution is -2.17. The van der Waals surface area contributed by atoms with Crippen LogP contribution in [0.25, 0.3) is 0 Å². The van der Waals surface area contributed by atoms with Gasteiger partial charge < -0.3 is 20.6 Å². The summed E-state index contributed by atoms with van der Waals surface area (Å²) in [6.45, 7) is 1.87. The lowest BCUT2D eigenvalue weighted by atomic mass is 10.1. The van der Waals surface area contributed by atoms with Crippen LogP contribution in [0.2, 0.25) is 0 Å². The maximum atomic E-state index is 12.3. The molecule has 31 heavy (non-hydrogen) atoms. The van der Waals surface area contributed by atoms with E-state index in [1.807, 2.05) is 37.3 Å². The first-order valence-electron chi connectivity index (χ1n) is 9.22. The summed E-state index contributed by atoms with van der Waals surface area (Å²) in [4.78, 5) is 12.3. The van der Waals surface area contributed by atoms with E-state index in [0.29, 0.717) is 22.3 Å². The zero-order valence-electron chi connectivity index (χ0n) is 17.3. The Hall–Kier alpha value is -3.73. The van der Waals surface area contributed by atoms with E-state index in [9.17, 15) is 4.79 Å². The van der Waals surface area contributed by atoms with Crippen LogP contribution in [-0.4, -0.2) is 46.5 Å². The molecule has 0 spiro atoms. The lowest BCUT2D eigenvalue weighted by Gasteiger charge is -2.11. The van der Waals surface area contributed by atoms with Crippen molar-refractivity contribution in [3.05, 3.63) is 54.1 Å². The summed E-state index contributed by atoms with van der Waals surface area (Å²) in [6.07, 6.45) is 0. The molecule has 4 N–H and O–H groups in total. The molecule has 0 atom stereocenters. The molecule has 0 aliphatic heterocycles. The first kappa shape index (κ1) is 22.0. The van der Waals surface area contributed by atoms with Crippen LogP contribution in [0.3, 0.4) is 0 Å². The summed E-state index contributed by atoms with van der Waals surface area (Å²) in [7, 11) is 3.08. The minimum atomic E-state index is -0.246. The van der Waals surface area contributed by atoms with E-state index in [-0.39, 0.29) is 17.6 Å². The number of nitrogens with zero attached hydrogens (tertiary/aromatic N) is 4. The van der Waals surface area contributed by atoms with Crippen molar-refractivity contribution >= 4 is 35.0 Å². The van der Waals surface area contributed by atoms with Gasteiger partial charge in [0.2, 0.25) is 11.1 Å². The van der Waals surface area contributed by atoms with Gasteiger partial charge in [-0.1, -0.05) is 42.1 Å². The molecule has 0 saturated heterocycles. The number of aromatic nitrogens is 3. The minimum absolute atomic E-state index is 0.0802. The van der Waals surface area contributed by atoms with Crippen molar-refractivity contribution < 1.29 is 14.3 Å². The predicted molar refractivity (Wildman–Crippen MR) is 121 cm³/mol. The fourth-order valence-corrected chi connectivity index (χ4v) is 3.20. The van der Waals surface area contributed by atoms with Gasteiger partial charge in [-0.05, 0) is 24.6 Å². The van der Waals surface area contributed by atoms with E-state index in [1.54, 1.807) is 25.3 Å². The second kappa shape index (κ2) is 10.3. The highest BCUT2D eigenvalue weighted by molar-refractivity contribution is 7.99. The van der Waals surface area contributed by atoms with Crippen molar-refractivity contribution in [2.45, 2.75) is 12.1 Å². The molecule has 0 aliphatic carbocycles. The van der Waals surface area contributed by atoms with Gasteiger partial charge in [0, 0.05) is 6.07 Å². The first-order chi connectivity index (χ1) is 15.0. The van der Waals surface area contributed by atoms with Crippen LogP contribution in [0.4, 0.5) is 11.6 Å². The summed E-state index contributed by atoms with van der Waals surface area (Å²) < 4.78 is 11.7. The number of nitrogen functional groups attached to an aromatic ring is 1. The van der Waals surface area contributed by atoms with Crippen LogP contribution in [0.1, 0.15) is 12.5 Å². The first-order valence-corrected chi connectivity index (χ1v) is 10.2. The van der Waals surface area contributed by atoms with E-state index in [0.717, 1.165) is 23.0 Å². The van der Waals surface area contributed by atoms with Crippen LogP contribution in [0, 0.1) is 0 Å². The summed E-state index contributed by atoms with van der Waals surface area (Å²) in [5, 5.41) is 15.4. The van der Waals surface area contributed by atoms with Gasteiger partial charge in [-0.15, -0.1) is 10.2 Å². The van der Waals surface area contributed by atoms with Crippen molar-refractivity contribution in [2.75, 3.05) is 36.6 Å². The Bertz CT molecular complexity index is 1070. The Labute approximate surface area is 183 Å². The fourth-order valence-electron chi connectivity index (χ4n) is 2.55. The number of benzene rings is 2. The number of thioether (sulfide) groups is 1. The second-order valence-corrected chi connectivity index (χ2v) is 7.20. The van der Waals surface area contributed by atoms with E-state index in [1.165, 1.54) is 11.8 Å². The number of rotatable bonds is 9. The standard InChI is InChI=1S/C20H23N7O3S/c1-13(14-7-5-4-6-8-14)23-24-19-25-26-20(27(19)21)31-12-18(28)22-16-10-9-15(29-2)11-17(16)30-3/h4-11H,12,21H2,1-3H3,(H,22,28)(H,24,25)/b23-13+. The number of nitrogens with one attached hydrogen (secondary N) is 2. The Morgan fingerprint density at radius 3 is 2.65 bits per heavy atom. The van der Waals surface area contributed by atoms with Crippen LogP contribution in [0.15, 0.2) is 58.8 Å². The monoisotopic (exact) mass is 441 g/mol. The maximum absolute atomic E-state index is 12.3. The Balaban J connectivity index is 1.58. The van der Waals surface area contributed by atoms with Gasteiger partial charge in [0.05, 0.1) is 31.4 Å². The molecule has 0 fully saturated rings. The Kier molecular flexibility index (Phi) is 7.33. The van der Waals surface area contributed by atoms with Gasteiger partial charge in [-0.25, -0.2) is 10.1 Å². The minimum Gasteiger partial charge on any atom is -0.497 e. The van der Waals surface area contributed by atoms with E-state index in [4.69, 9.17) is 15.3 Å². The lowest BCUT2D eigenvalue weighted by molar-refractivity contribution is -0.113. The number of carbonyl (C=O) groups is 1. The number of nitrogens with two attached hydrogens (primary N) is 1. The topological polar surface area (TPSA) is 129 Å². The van der Waals surface area contributed by atoms with Crippen LogP contribution >= 0.6 is 11.8 Å². The van der Waals surface area contributed by atoms with Crippen molar-refractivity contribution in [3.8, 4) is 11.5 Å². The third kappa shape index (κ3) is 5.66. The average molecular weight is 442 g/mol. The molecule has 1 aromatic heterocycles. The van der Waals surface area contributed by atoms with E-state index >= 15 is 0 Å². The van der Waals surface area contributed by atoms with Gasteiger partial charge in [-0.3, -0.25) is 4.79 Å². The Morgan fingerprint density at radius 2 is 1.94 bits per heavy atom. The zero-order chi connectivity index (χ0) is 22.2. The number of anilines is 2. The molecule has 0 saturated carbocycles. The molecule has 0 radical (unpaired) electrons. The number of hydrogen-bond acceptors (Lipinski definition) is 9. The highest BCUT2D eigenvalue weighted by Gasteiger charge is 2.14. The molecule has 3 rings (SSSR count). The number of hydrogen-bond donors (Lipinski definition) is 3. The van der Waals surface area contributed by atoms with Gasteiger partial charge in [-0.2, -0.15) is 5.10 Å². The van der Waals surface area contributed by atoms with Crippen LogP contribution in [-0.2, 0) is 4.79 Å². The van der Waals surface area contributed by atoms with E-state index < -0.39 is 0 Å². The quantitative estimate of drug-likeness (QED) is 0.200. The number of ether oxygens (including phenoxy) is 2. The maximum Gasteiger partial charge on any atom is 0.264 e. The largest absolute Gasteiger partial charge is 0.497 e. The molecule has 11 heteroatoms. The molecular formula is C20H23N7O3S. The molecule has 0 unspecified atom stereocenters. The molecular weight excluding hydrogens is 418 g/mol. The normalized spacial score (nSPS) is 11.1. The van der Waals surface area contributed by atoms with Crippen molar-refractivity contribution in [2.24, 2.45) is 5.10 Å². The number of methoxy groups -OCH3 is 2. The number of amides is 1. The fraction of sp³-hybridized carbons (Fsp3) is 0.200. The van der Waals surface area contributed by atoms with Gasteiger partial charge >= 0.3 is 0 Å². The van der Waals surface area contributed by atoms with Crippen molar-refractivity contribution in [1.29, 1.82) is 0 Å². The molecule has 3 aromatic rings. The van der Waals surface area contributed by atoms with Gasteiger partial charge in [0.25, 0.3) is 5.95 Å². The summed E-state index contributed by atoms with van der Waals surface area (Å²) in [5.74, 6) is 7.24. The average Bonchev–Trinajstić information content (AvgIpc) is 3.16. The summed E-state index contributed by atoms with van der Waals surface area (Å²) in [6, 6.07) is 14.8. The molecule has 0 aliphatic rings. The number of hydrazone groups is 1. The summed E-state index contributed by atoms with van der Waals surface area (Å²) >= 11 is 1.15. The molecule has 1 amide bonds. The Morgan fingerprint density at radius 1 is 1.16 bits per heavy atom. The van der Waals surface area contributed by atoms with E-state index in [2.05, 4.69) is 26.0 Å².